The zero-order chi connectivity index (χ0) is 12.3. The number of carboxylic acids is 1. The number of carboxylic acid groups (broad SMARTS) is 1. The van der Waals surface area contributed by atoms with Crippen LogP contribution in [0.4, 0.5) is 0 Å². The van der Waals surface area contributed by atoms with Gasteiger partial charge in [0.1, 0.15) is 5.60 Å². The van der Waals surface area contributed by atoms with E-state index in [2.05, 4.69) is 0 Å². The van der Waals surface area contributed by atoms with Gasteiger partial charge in [0, 0.05) is 0 Å². The van der Waals surface area contributed by atoms with Crippen molar-refractivity contribution in [3.63, 3.8) is 0 Å². The van der Waals surface area contributed by atoms with Crippen LogP contribution in [0.25, 0.3) is 0 Å². The van der Waals surface area contributed by atoms with Gasteiger partial charge in [-0.25, -0.2) is 4.79 Å². The summed E-state index contributed by atoms with van der Waals surface area (Å²) in [6, 6.07) is 4.54. The highest BCUT2D eigenvalue weighted by Gasteiger charge is 2.16. The van der Waals surface area contributed by atoms with Gasteiger partial charge in [-0.05, 0) is 39.0 Å². The van der Waals surface area contributed by atoms with Crippen LogP contribution < -0.4 is 9.47 Å². The van der Waals surface area contributed by atoms with E-state index >= 15 is 0 Å². The van der Waals surface area contributed by atoms with E-state index in [1.165, 1.54) is 19.2 Å². The monoisotopic (exact) mass is 224 g/mol. The molecule has 4 heteroatoms. The van der Waals surface area contributed by atoms with E-state index in [-0.39, 0.29) is 11.2 Å². The smallest absolute Gasteiger partial charge is 0.335 e. The van der Waals surface area contributed by atoms with E-state index in [0.717, 1.165) is 0 Å². The van der Waals surface area contributed by atoms with Gasteiger partial charge in [-0.3, -0.25) is 0 Å². The van der Waals surface area contributed by atoms with E-state index in [1.807, 2.05) is 20.8 Å². The Kier molecular flexibility index (Phi) is 3.42. The summed E-state index contributed by atoms with van der Waals surface area (Å²) < 4.78 is 10.7. The average molecular weight is 224 g/mol. The third-order valence-corrected chi connectivity index (χ3v) is 1.83. The van der Waals surface area contributed by atoms with Crippen molar-refractivity contribution in [2.75, 3.05) is 7.11 Å². The molecule has 0 amide bonds. The predicted octanol–water partition coefficient (Wildman–Crippen LogP) is 2.57. The van der Waals surface area contributed by atoms with Crippen molar-refractivity contribution in [1.82, 2.24) is 0 Å². The van der Waals surface area contributed by atoms with Crippen LogP contribution in [0.15, 0.2) is 18.2 Å². The van der Waals surface area contributed by atoms with Gasteiger partial charge in [0.25, 0.3) is 0 Å². The Balaban J connectivity index is 3.07. The highest BCUT2D eigenvalue weighted by molar-refractivity contribution is 5.88. The van der Waals surface area contributed by atoms with E-state index in [4.69, 9.17) is 14.6 Å². The van der Waals surface area contributed by atoms with Crippen molar-refractivity contribution in [3.05, 3.63) is 23.8 Å². The van der Waals surface area contributed by atoms with E-state index < -0.39 is 5.97 Å². The minimum Gasteiger partial charge on any atom is -0.493 e. The van der Waals surface area contributed by atoms with Gasteiger partial charge >= 0.3 is 5.97 Å². The van der Waals surface area contributed by atoms with E-state index in [9.17, 15) is 4.79 Å². The lowest BCUT2D eigenvalue weighted by atomic mass is 10.1. The molecule has 4 nitrogen and oxygen atoms in total. The minimum atomic E-state index is -0.986. The largest absolute Gasteiger partial charge is 0.493 e. The summed E-state index contributed by atoms with van der Waals surface area (Å²) in [6.07, 6.45) is 0. The van der Waals surface area contributed by atoms with Gasteiger partial charge in [-0.2, -0.15) is 0 Å². The maximum absolute atomic E-state index is 10.8. The van der Waals surface area contributed by atoms with Gasteiger partial charge in [0.05, 0.1) is 12.7 Å². The van der Waals surface area contributed by atoms with Crippen LogP contribution in [0.5, 0.6) is 11.5 Å². The zero-order valence-corrected chi connectivity index (χ0v) is 9.90. The van der Waals surface area contributed by atoms with Crippen molar-refractivity contribution in [1.29, 1.82) is 0 Å². The molecule has 0 aliphatic heterocycles. The van der Waals surface area contributed by atoms with Crippen LogP contribution in [-0.4, -0.2) is 23.8 Å². The SMILES string of the molecule is COc1cc(C(=O)O)ccc1OC(C)(C)C. The van der Waals surface area contributed by atoms with Gasteiger partial charge in [0.2, 0.25) is 0 Å². The van der Waals surface area contributed by atoms with Crippen molar-refractivity contribution in [2.24, 2.45) is 0 Å². The van der Waals surface area contributed by atoms with Crippen LogP contribution in [0.2, 0.25) is 0 Å². The summed E-state index contributed by atoms with van der Waals surface area (Å²) in [7, 11) is 1.48. The van der Waals surface area contributed by atoms with Gasteiger partial charge in [0.15, 0.2) is 11.5 Å². The van der Waals surface area contributed by atoms with Crippen LogP contribution >= 0.6 is 0 Å². The Labute approximate surface area is 94.8 Å². The first-order chi connectivity index (χ1) is 7.33. The first-order valence-electron chi connectivity index (χ1n) is 4.94. The lowest BCUT2D eigenvalue weighted by Crippen LogP contribution is -2.23. The average Bonchev–Trinajstić information content (AvgIpc) is 2.15. The normalized spacial score (nSPS) is 11.0. The number of rotatable bonds is 3. The Hall–Kier alpha value is -1.71. The summed E-state index contributed by atoms with van der Waals surface area (Å²) in [5, 5.41) is 8.83. The predicted molar refractivity (Wildman–Crippen MR) is 60.3 cm³/mol. The Bertz CT molecular complexity index is 390. The fourth-order valence-corrected chi connectivity index (χ4v) is 1.21. The molecule has 0 aliphatic rings. The lowest BCUT2D eigenvalue weighted by Gasteiger charge is -2.22. The number of carbonyl (C=O) groups is 1. The molecule has 0 atom stereocenters. The molecule has 0 fully saturated rings. The van der Waals surface area contributed by atoms with Crippen LogP contribution in [0.1, 0.15) is 31.1 Å². The minimum absolute atomic E-state index is 0.179. The molecule has 0 saturated heterocycles. The number of ether oxygens (including phenoxy) is 2. The molecular weight excluding hydrogens is 208 g/mol. The quantitative estimate of drug-likeness (QED) is 0.857. The Morgan fingerprint density at radius 3 is 2.31 bits per heavy atom. The molecule has 0 aliphatic carbocycles. The first-order valence-corrected chi connectivity index (χ1v) is 4.94. The highest BCUT2D eigenvalue weighted by Crippen LogP contribution is 2.30. The molecule has 16 heavy (non-hydrogen) atoms. The standard InChI is InChI=1S/C12H16O4/c1-12(2,3)16-9-6-5-8(11(13)14)7-10(9)15-4/h5-7H,1-4H3,(H,13,14). The molecule has 88 valence electrons. The molecule has 1 rings (SSSR count). The second-order valence-corrected chi connectivity index (χ2v) is 4.39. The third-order valence-electron chi connectivity index (χ3n) is 1.83. The van der Waals surface area contributed by atoms with Gasteiger partial charge in [-0.1, -0.05) is 0 Å². The fourth-order valence-electron chi connectivity index (χ4n) is 1.21. The third kappa shape index (κ3) is 3.15. The number of aromatic carboxylic acids is 1. The second-order valence-electron chi connectivity index (χ2n) is 4.39. The molecule has 1 aromatic carbocycles. The van der Waals surface area contributed by atoms with E-state index in [0.29, 0.717) is 11.5 Å². The lowest BCUT2D eigenvalue weighted by molar-refractivity contribution is 0.0696. The fraction of sp³-hybridized carbons (Fsp3) is 0.417. The summed E-state index contributed by atoms with van der Waals surface area (Å²) >= 11 is 0. The molecule has 0 heterocycles. The van der Waals surface area contributed by atoms with Gasteiger partial charge in [-0.15, -0.1) is 0 Å². The maximum Gasteiger partial charge on any atom is 0.335 e. The molecule has 0 bridgehead atoms. The highest BCUT2D eigenvalue weighted by atomic mass is 16.5. The molecule has 1 aromatic rings. The number of benzene rings is 1. The molecule has 0 saturated carbocycles. The molecule has 1 N–H and O–H groups in total. The van der Waals surface area contributed by atoms with Crippen LogP contribution in [0, 0.1) is 0 Å². The number of hydrogen-bond donors (Lipinski definition) is 1. The molecule has 0 radical (unpaired) electrons. The van der Waals surface area contributed by atoms with Crippen LogP contribution in [-0.2, 0) is 0 Å². The van der Waals surface area contributed by atoms with Crippen molar-refractivity contribution in [3.8, 4) is 11.5 Å². The second kappa shape index (κ2) is 4.43. The van der Waals surface area contributed by atoms with Crippen molar-refractivity contribution in [2.45, 2.75) is 26.4 Å². The number of hydrogen-bond acceptors (Lipinski definition) is 3. The van der Waals surface area contributed by atoms with E-state index in [1.54, 1.807) is 6.07 Å². The topological polar surface area (TPSA) is 55.8 Å². The summed E-state index contributed by atoms with van der Waals surface area (Å²) in [5.74, 6) is -0.0181. The molecular formula is C12H16O4. The molecule has 0 spiro atoms. The summed E-state index contributed by atoms with van der Waals surface area (Å²) in [6.45, 7) is 5.74. The maximum atomic E-state index is 10.8. The van der Waals surface area contributed by atoms with Crippen LogP contribution in [0.3, 0.4) is 0 Å². The Morgan fingerprint density at radius 1 is 1.25 bits per heavy atom. The zero-order valence-electron chi connectivity index (χ0n) is 9.90. The van der Waals surface area contributed by atoms with Crippen molar-refractivity contribution < 1.29 is 19.4 Å². The number of methoxy groups -OCH3 is 1. The Morgan fingerprint density at radius 2 is 1.88 bits per heavy atom. The van der Waals surface area contributed by atoms with Gasteiger partial charge < -0.3 is 14.6 Å². The molecule has 0 unspecified atom stereocenters. The summed E-state index contributed by atoms with van der Waals surface area (Å²) in [5.41, 5.74) is -0.170. The summed E-state index contributed by atoms with van der Waals surface area (Å²) in [4.78, 5) is 10.8. The van der Waals surface area contributed by atoms with Crippen molar-refractivity contribution >= 4 is 5.97 Å². The first kappa shape index (κ1) is 12.4. The molecule has 0 aromatic heterocycles.